The average molecular weight is 196 g/mol. The van der Waals surface area contributed by atoms with E-state index >= 15 is 0 Å². The van der Waals surface area contributed by atoms with E-state index in [1.807, 2.05) is 0 Å². The zero-order valence-electron chi connectivity index (χ0n) is 9.47. The predicted molar refractivity (Wildman–Crippen MR) is 60.2 cm³/mol. The van der Waals surface area contributed by atoms with E-state index in [1.165, 1.54) is 44.9 Å². The molecule has 0 aromatic heterocycles. The summed E-state index contributed by atoms with van der Waals surface area (Å²) >= 11 is 0. The molecule has 1 unspecified atom stereocenters. The highest BCUT2D eigenvalue weighted by Gasteiger charge is 2.48. The summed E-state index contributed by atoms with van der Waals surface area (Å²) < 4.78 is 0. The van der Waals surface area contributed by atoms with Gasteiger partial charge in [-0.2, -0.15) is 0 Å². The molecule has 2 aliphatic carbocycles. The zero-order valence-corrected chi connectivity index (χ0v) is 9.47. The maximum atomic E-state index is 5.62. The molecule has 0 aromatic rings. The van der Waals surface area contributed by atoms with Crippen molar-refractivity contribution in [3.8, 4) is 0 Å². The Kier molecular flexibility index (Phi) is 3.13. The minimum Gasteiger partial charge on any atom is -0.329 e. The quantitative estimate of drug-likeness (QED) is 0.748. The first-order valence-corrected chi connectivity index (χ1v) is 6.19. The molecule has 2 fully saturated rings. The molecule has 0 heterocycles. The predicted octanol–water partition coefficient (Wildman–Crippen LogP) is 1.99. The second kappa shape index (κ2) is 4.19. The van der Waals surface area contributed by atoms with Gasteiger partial charge in [0.2, 0.25) is 0 Å². The minimum atomic E-state index is 0.710. The van der Waals surface area contributed by atoms with E-state index in [0.29, 0.717) is 5.41 Å². The Bertz CT molecular complexity index is 185. The van der Waals surface area contributed by atoms with Crippen LogP contribution in [0.25, 0.3) is 0 Å². The third kappa shape index (κ3) is 1.70. The Hall–Kier alpha value is -0.0800. The van der Waals surface area contributed by atoms with Crippen molar-refractivity contribution < 1.29 is 0 Å². The van der Waals surface area contributed by atoms with Gasteiger partial charge < -0.3 is 10.6 Å². The van der Waals surface area contributed by atoms with Crippen LogP contribution in [0.2, 0.25) is 0 Å². The lowest BCUT2D eigenvalue weighted by atomic mass is 9.57. The molecule has 2 nitrogen and oxygen atoms in total. The molecule has 0 aromatic carbocycles. The van der Waals surface area contributed by atoms with Crippen molar-refractivity contribution in [3.05, 3.63) is 0 Å². The molecule has 2 saturated carbocycles. The topological polar surface area (TPSA) is 29.3 Å². The monoisotopic (exact) mass is 196 g/mol. The molecule has 2 aliphatic rings. The number of nitrogens with two attached hydrogens (primary N) is 1. The van der Waals surface area contributed by atoms with Gasteiger partial charge in [-0.05, 0) is 38.1 Å². The first kappa shape index (κ1) is 10.4. The summed E-state index contributed by atoms with van der Waals surface area (Å²) in [4.78, 5) is 2.51. The fourth-order valence-electron chi connectivity index (χ4n) is 3.57. The fourth-order valence-corrected chi connectivity index (χ4v) is 3.57. The zero-order chi connectivity index (χ0) is 10.0. The highest BCUT2D eigenvalue weighted by molar-refractivity contribution is 5.01. The van der Waals surface area contributed by atoms with Gasteiger partial charge in [0.05, 0.1) is 0 Å². The van der Waals surface area contributed by atoms with Gasteiger partial charge in [-0.25, -0.2) is 0 Å². The molecule has 2 heteroatoms. The lowest BCUT2D eigenvalue weighted by molar-refractivity contribution is -0.0405. The summed E-state index contributed by atoms with van der Waals surface area (Å²) in [5.41, 5.74) is 6.33. The number of hydrogen-bond acceptors (Lipinski definition) is 2. The van der Waals surface area contributed by atoms with E-state index in [2.05, 4.69) is 11.9 Å². The Morgan fingerprint density at radius 1 is 1.21 bits per heavy atom. The summed E-state index contributed by atoms with van der Waals surface area (Å²) in [6.07, 6.45) is 10.2. The molecule has 82 valence electrons. The second-order valence-electron chi connectivity index (χ2n) is 5.25. The number of hydrogen-bond donors (Lipinski definition) is 1. The minimum absolute atomic E-state index is 0.710. The maximum Gasteiger partial charge on any atom is 0.0149 e. The van der Waals surface area contributed by atoms with Crippen LogP contribution in [-0.2, 0) is 0 Å². The van der Waals surface area contributed by atoms with E-state index in [4.69, 9.17) is 5.73 Å². The van der Waals surface area contributed by atoms with Gasteiger partial charge in [-0.15, -0.1) is 0 Å². The van der Waals surface area contributed by atoms with Crippen LogP contribution < -0.4 is 5.73 Å². The Morgan fingerprint density at radius 2 is 1.93 bits per heavy atom. The molecule has 14 heavy (non-hydrogen) atoms. The molecule has 0 bridgehead atoms. The van der Waals surface area contributed by atoms with Gasteiger partial charge >= 0.3 is 0 Å². The second-order valence-corrected chi connectivity index (χ2v) is 5.25. The third-order valence-electron chi connectivity index (χ3n) is 4.49. The lowest BCUT2D eigenvalue weighted by Crippen LogP contribution is -2.55. The van der Waals surface area contributed by atoms with Crippen molar-refractivity contribution >= 4 is 0 Å². The van der Waals surface area contributed by atoms with Crippen molar-refractivity contribution in [2.45, 2.75) is 51.0 Å². The van der Waals surface area contributed by atoms with E-state index in [1.54, 1.807) is 0 Å². The van der Waals surface area contributed by atoms with E-state index in [0.717, 1.165) is 19.1 Å². The molecular weight excluding hydrogens is 172 g/mol. The molecule has 0 aliphatic heterocycles. The molecule has 0 saturated heterocycles. The fraction of sp³-hybridized carbons (Fsp3) is 1.00. The summed E-state index contributed by atoms with van der Waals surface area (Å²) in [6, 6.07) is 0.853. The summed E-state index contributed by atoms with van der Waals surface area (Å²) in [6.45, 7) is 1.88. The highest BCUT2D eigenvalue weighted by atomic mass is 15.2. The molecule has 2 N–H and O–H groups in total. The smallest absolute Gasteiger partial charge is 0.0149 e. The average Bonchev–Trinajstić information content (AvgIpc) is 2.18. The van der Waals surface area contributed by atoms with Crippen LogP contribution in [-0.4, -0.2) is 31.1 Å². The summed E-state index contributed by atoms with van der Waals surface area (Å²) in [5, 5.41) is 0. The molecule has 0 amide bonds. The van der Waals surface area contributed by atoms with Crippen LogP contribution in [0.4, 0.5) is 0 Å². The van der Waals surface area contributed by atoms with Crippen molar-refractivity contribution in [1.82, 2.24) is 4.90 Å². The number of likely N-dealkylation sites (N-methyl/N-ethyl adjacent to an activating group) is 1. The van der Waals surface area contributed by atoms with Crippen molar-refractivity contribution in [2.75, 3.05) is 20.1 Å². The van der Waals surface area contributed by atoms with Gasteiger partial charge in [0.15, 0.2) is 0 Å². The van der Waals surface area contributed by atoms with Crippen molar-refractivity contribution in [3.63, 3.8) is 0 Å². The maximum absolute atomic E-state index is 5.62. The SMILES string of the molecule is CN(CCN)C1CCC12CCCCC2. The van der Waals surface area contributed by atoms with Gasteiger partial charge in [-0.1, -0.05) is 19.3 Å². The van der Waals surface area contributed by atoms with Gasteiger partial charge in [-0.3, -0.25) is 0 Å². The van der Waals surface area contributed by atoms with E-state index in [-0.39, 0.29) is 0 Å². The molecular formula is C12H24N2. The molecule has 1 spiro atoms. The molecule has 2 rings (SSSR count). The first-order valence-electron chi connectivity index (χ1n) is 6.19. The standard InChI is InChI=1S/C12H24N2/c1-14(10-9-13)11-5-8-12(11)6-3-2-4-7-12/h11H,2-10,13H2,1H3. The normalized spacial score (nSPS) is 30.6. The van der Waals surface area contributed by atoms with Crippen LogP contribution in [0.5, 0.6) is 0 Å². The van der Waals surface area contributed by atoms with Gasteiger partial charge in [0, 0.05) is 19.1 Å². The lowest BCUT2D eigenvalue weighted by Gasteiger charge is -2.55. The third-order valence-corrected chi connectivity index (χ3v) is 4.49. The van der Waals surface area contributed by atoms with E-state index in [9.17, 15) is 0 Å². The first-order chi connectivity index (χ1) is 6.78. The van der Waals surface area contributed by atoms with Crippen LogP contribution >= 0.6 is 0 Å². The number of rotatable bonds is 3. The Balaban J connectivity index is 1.93. The number of nitrogens with zero attached hydrogens (tertiary/aromatic N) is 1. The van der Waals surface area contributed by atoms with Crippen molar-refractivity contribution in [1.29, 1.82) is 0 Å². The van der Waals surface area contributed by atoms with Crippen LogP contribution in [0.15, 0.2) is 0 Å². The molecule has 0 radical (unpaired) electrons. The van der Waals surface area contributed by atoms with Crippen molar-refractivity contribution in [2.24, 2.45) is 11.1 Å². The van der Waals surface area contributed by atoms with Crippen LogP contribution in [0.3, 0.4) is 0 Å². The summed E-state index contributed by atoms with van der Waals surface area (Å²) in [7, 11) is 2.26. The largest absolute Gasteiger partial charge is 0.329 e. The van der Waals surface area contributed by atoms with Gasteiger partial charge in [0.1, 0.15) is 0 Å². The highest BCUT2D eigenvalue weighted by Crippen LogP contribution is 2.53. The van der Waals surface area contributed by atoms with E-state index < -0.39 is 0 Å². The Morgan fingerprint density at radius 3 is 2.43 bits per heavy atom. The van der Waals surface area contributed by atoms with Crippen LogP contribution in [0, 0.1) is 5.41 Å². The Labute approximate surface area is 87.8 Å². The van der Waals surface area contributed by atoms with Gasteiger partial charge in [0.25, 0.3) is 0 Å². The molecule has 1 atom stereocenters. The van der Waals surface area contributed by atoms with Crippen LogP contribution in [0.1, 0.15) is 44.9 Å². The summed E-state index contributed by atoms with van der Waals surface area (Å²) in [5.74, 6) is 0.